The molecule has 1 aromatic rings. The molecule has 16 heavy (non-hydrogen) atoms. The fourth-order valence-corrected chi connectivity index (χ4v) is 2.22. The molecule has 0 spiro atoms. The average Bonchev–Trinajstić information content (AvgIpc) is 2.62. The maximum atomic E-state index is 11.4. The van der Waals surface area contributed by atoms with E-state index in [9.17, 15) is 13.2 Å². The van der Waals surface area contributed by atoms with Gasteiger partial charge in [0.2, 0.25) is 10.0 Å². The van der Waals surface area contributed by atoms with Gasteiger partial charge in [0.25, 0.3) is 0 Å². The molecule has 0 unspecified atom stereocenters. The van der Waals surface area contributed by atoms with Crippen LogP contribution < -0.4 is 4.72 Å². The standard InChI is InChI=1S/C8H13N3O4S/c1-2-3-4-16(14,15)11-7-5-6(8(12)13)9-10-7/h5H,2-4H2,1H3,(H,12,13)(H2,9,10,11). The lowest BCUT2D eigenvalue weighted by Crippen LogP contribution is -2.16. The van der Waals surface area contributed by atoms with Crippen LogP contribution in [0.15, 0.2) is 6.07 Å². The van der Waals surface area contributed by atoms with Crippen molar-refractivity contribution in [2.24, 2.45) is 0 Å². The first kappa shape index (κ1) is 12.5. The van der Waals surface area contributed by atoms with Crippen LogP contribution in [0.25, 0.3) is 0 Å². The largest absolute Gasteiger partial charge is 0.477 e. The number of H-pyrrole nitrogens is 1. The van der Waals surface area contributed by atoms with Crippen molar-refractivity contribution < 1.29 is 18.3 Å². The van der Waals surface area contributed by atoms with Crippen LogP contribution in [0.1, 0.15) is 30.3 Å². The van der Waals surface area contributed by atoms with E-state index < -0.39 is 16.0 Å². The van der Waals surface area contributed by atoms with Gasteiger partial charge in [0, 0.05) is 6.07 Å². The van der Waals surface area contributed by atoms with E-state index in [1.165, 1.54) is 0 Å². The third-order valence-corrected chi connectivity index (χ3v) is 3.18. The second kappa shape index (κ2) is 4.97. The van der Waals surface area contributed by atoms with Gasteiger partial charge >= 0.3 is 5.97 Å². The van der Waals surface area contributed by atoms with E-state index in [-0.39, 0.29) is 17.3 Å². The Balaban J connectivity index is 2.69. The summed E-state index contributed by atoms with van der Waals surface area (Å²) in [5.74, 6) is -1.20. The highest BCUT2D eigenvalue weighted by Crippen LogP contribution is 2.08. The van der Waals surface area contributed by atoms with Crippen molar-refractivity contribution >= 4 is 21.8 Å². The van der Waals surface area contributed by atoms with Crippen LogP contribution in [-0.4, -0.2) is 35.4 Å². The highest BCUT2D eigenvalue weighted by molar-refractivity contribution is 7.92. The van der Waals surface area contributed by atoms with Crippen molar-refractivity contribution in [1.29, 1.82) is 0 Å². The minimum Gasteiger partial charge on any atom is -0.477 e. The molecular formula is C8H13N3O4S. The summed E-state index contributed by atoms with van der Waals surface area (Å²) in [6, 6.07) is 1.13. The average molecular weight is 247 g/mol. The van der Waals surface area contributed by atoms with Crippen molar-refractivity contribution in [3.63, 3.8) is 0 Å². The number of aromatic carboxylic acids is 1. The van der Waals surface area contributed by atoms with Gasteiger partial charge in [-0.2, -0.15) is 5.10 Å². The summed E-state index contributed by atoms with van der Waals surface area (Å²) in [4.78, 5) is 10.5. The quantitative estimate of drug-likeness (QED) is 0.683. The number of carbonyl (C=O) groups is 1. The van der Waals surface area contributed by atoms with Crippen LogP contribution in [0.2, 0.25) is 0 Å². The summed E-state index contributed by atoms with van der Waals surface area (Å²) in [6.45, 7) is 1.88. The zero-order valence-electron chi connectivity index (χ0n) is 8.73. The number of hydrogen-bond acceptors (Lipinski definition) is 4. The Hall–Kier alpha value is -1.57. The van der Waals surface area contributed by atoms with Gasteiger partial charge in [-0.25, -0.2) is 13.2 Å². The molecule has 3 N–H and O–H groups in total. The molecule has 0 atom stereocenters. The topological polar surface area (TPSA) is 112 Å². The smallest absolute Gasteiger partial charge is 0.353 e. The van der Waals surface area contributed by atoms with Gasteiger partial charge in [0.1, 0.15) is 5.69 Å². The molecule has 0 amide bonds. The van der Waals surface area contributed by atoms with Crippen molar-refractivity contribution in [3.05, 3.63) is 11.8 Å². The van der Waals surface area contributed by atoms with Crippen LogP contribution >= 0.6 is 0 Å². The number of aromatic nitrogens is 2. The number of aromatic amines is 1. The van der Waals surface area contributed by atoms with Gasteiger partial charge < -0.3 is 5.11 Å². The van der Waals surface area contributed by atoms with Gasteiger partial charge in [0.15, 0.2) is 5.82 Å². The molecular weight excluding hydrogens is 234 g/mol. The van der Waals surface area contributed by atoms with E-state index in [2.05, 4.69) is 14.9 Å². The lowest BCUT2D eigenvalue weighted by atomic mass is 10.4. The molecule has 0 fully saturated rings. The van der Waals surface area contributed by atoms with E-state index in [4.69, 9.17) is 5.11 Å². The Kier molecular flexibility index (Phi) is 3.88. The minimum atomic E-state index is -3.43. The van der Waals surface area contributed by atoms with Crippen LogP contribution in [0.3, 0.4) is 0 Å². The molecule has 0 bridgehead atoms. The molecule has 90 valence electrons. The molecule has 1 heterocycles. The Morgan fingerprint density at radius 3 is 2.81 bits per heavy atom. The number of nitrogens with zero attached hydrogens (tertiary/aromatic N) is 1. The summed E-state index contributed by atoms with van der Waals surface area (Å²) in [5, 5.41) is 14.3. The van der Waals surface area contributed by atoms with Crippen LogP contribution in [0.4, 0.5) is 5.82 Å². The lowest BCUT2D eigenvalue weighted by molar-refractivity contribution is 0.0690. The molecule has 8 heteroatoms. The monoisotopic (exact) mass is 247 g/mol. The fraction of sp³-hybridized carbons (Fsp3) is 0.500. The number of carboxylic acid groups (broad SMARTS) is 1. The molecule has 1 aromatic heterocycles. The maximum Gasteiger partial charge on any atom is 0.353 e. The van der Waals surface area contributed by atoms with Crippen molar-refractivity contribution in [1.82, 2.24) is 10.2 Å². The predicted molar refractivity (Wildman–Crippen MR) is 57.9 cm³/mol. The number of anilines is 1. The van der Waals surface area contributed by atoms with Crippen molar-refractivity contribution in [3.8, 4) is 0 Å². The highest BCUT2D eigenvalue weighted by atomic mass is 32.2. The van der Waals surface area contributed by atoms with E-state index >= 15 is 0 Å². The normalized spacial score (nSPS) is 11.3. The molecule has 7 nitrogen and oxygen atoms in total. The Labute approximate surface area is 92.9 Å². The molecule has 0 saturated carbocycles. The van der Waals surface area contributed by atoms with Gasteiger partial charge in [-0.15, -0.1) is 0 Å². The van der Waals surface area contributed by atoms with Crippen LogP contribution in [-0.2, 0) is 10.0 Å². The van der Waals surface area contributed by atoms with Crippen molar-refractivity contribution in [2.45, 2.75) is 19.8 Å². The highest BCUT2D eigenvalue weighted by Gasteiger charge is 2.13. The maximum absolute atomic E-state index is 11.4. The van der Waals surface area contributed by atoms with Gasteiger partial charge in [0.05, 0.1) is 5.75 Å². The molecule has 1 rings (SSSR count). The zero-order valence-corrected chi connectivity index (χ0v) is 9.54. The van der Waals surface area contributed by atoms with Gasteiger partial charge in [-0.1, -0.05) is 13.3 Å². The van der Waals surface area contributed by atoms with Gasteiger partial charge in [-0.3, -0.25) is 9.82 Å². The summed E-state index contributed by atoms with van der Waals surface area (Å²) in [5.41, 5.74) is -0.159. The Morgan fingerprint density at radius 2 is 2.31 bits per heavy atom. The first-order valence-electron chi connectivity index (χ1n) is 4.74. The number of rotatable bonds is 6. The Bertz CT molecular complexity index is 465. The molecule has 0 aromatic carbocycles. The molecule has 0 aliphatic carbocycles. The summed E-state index contributed by atoms with van der Waals surface area (Å²) in [7, 11) is -3.43. The second-order valence-corrected chi connectivity index (χ2v) is 5.09. The summed E-state index contributed by atoms with van der Waals surface area (Å²) in [6.07, 6.45) is 1.31. The van der Waals surface area contributed by atoms with Gasteiger partial charge in [-0.05, 0) is 6.42 Å². The molecule has 0 aliphatic rings. The number of carboxylic acids is 1. The predicted octanol–water partition coefficient (Wildman–Crippen LogP) is 0.650. The molecule has 0 radical (unpaired) electrons. The van der Waals surface area contributed by atoms with E-state index in [1.807, 2.05) is 6.92 Å². The number of sulfonamides is 1. The van der Waals surface area contributed by atoms with E-state index in [1.54, 1.807) is 0 Å². The molecule has 0 saturated heterocycles. The first-order chi connectivity index (χ1) is 7.44. The van der Waals surface area contributed by atoms with Crippen molar-refractivity contribution in [2.75, 3.05) is 10.5 Å². The number of nitrogens with one attached hydrogen (secondary N) is 2. The lowest BCUT2D eigenvalue weighted by Gasteiger charge is -2.03. The van der Waals surface area contributed by atoms with E-state index in [0.29, 0.717) is 6.42 Å². The zero-order chi connectivity index (χ0) is 12.2. The van der Waals surface area contributed by atoms with E-state index in [0.717, 1.165) is 12.5 Å². The van der Waals surface area contributed by atoms with Crippen LogP contribution in [0, 0.1) is 0 Å². The Morgan fingerprint density at radius 1 is 1.62 bits per heavy atom. The second-order valence-electron chi connectivity index (χ2n) is 3.25. The summed E-state index contributed by atoms with van der Waals surface area (Å²) < 4.78 is 25.0. The third kappa shape index (κ3) is 3.54. The SMILES string of the molecule is CCCCS(=O)(=O)Nc1cc(C(=O)O)[nH]n1. The molecule has 0 aliphatic heterocycles. The third-order valence-electron chi connectivity index (χ3n) is 1.83. The number of unbranched alkanes of at least 4 members (excludes halogenated alkanes) is 1. The number of hydrogen-bond donors (Lipinski definition) is 3. The first-order valence-corrected chi connectivity index (χ1v) is 6.39. The van der Waals surface area contributed by atoms with Crippen LogP contribution in [0.5, 0.6) is 0 Å². The summed E-state index contributed by atoms with van der Waals surface area (Å²) >= 11 is 0. The minimum absolute atomic E-state index is 0.00123. The fourth-order valence-electron chi connectivity index (χ4n) is 1.03.